The Morgan fingerprint density at radius 2 is 1.67 bits per heavy atom. The van der Waals surface area contributed by atoms with Crippen LogP contribution < -0.4 is 10.4 Å². The third kappa shape index (κ3) is 1.23. The van der Waals surface area contributed by atoms with E-state index in [1.807, 2.05) is 36.7 Å². The Labute approximate surface area is 104 Å². The minimum absolute atomic E-state index is 1.04. The van der Waals surface area contributed by atoms with E-state index < -0.39 is 0 Å². The Kier molecular flexibility index (Phi) is 1.86. The van der Waals surface area contributed by atoms with Gasteiger partial charge in [-0.05, 0) is 23.4 Å². The van der Waals surface area contributed by atoms with Crippen molar-refractivity contribution in [2.75, 3.05) is 0 Å². The maximum absolute atomic E-state index is 4.47. The molecule has 2 aromatic carbocycles. The van der Waals surface area contributed by atoms with Gasteiger partial charge in [-0.25, -0.2) is 0 Å². The summed E-state index contributed by atoms with van der Waals surface area (Å²) in [6, 6.07) is 14.5. The van der Waals surface area contributed by atoms with Crippen LogP contribution in [0.3, 0.4) is 0 Å². The van der Waals surface area contributed by atoms with Crippen LogP contribution in [0.4, 0.5) is 11.4 Å². The number of benzene rings is 2. The summed E-state index contributed by atoms with van der Waals surface area (Å²) in [5.41, 5.74) is 4.47. The van der Waals surface area contributed by atoms with Crippen molar-refractivity contribution < 1.29 is 0 Å². The van der Waals surface area contributed by atoms with Crippen LogP contribution in [0.2, 0.25) is 0 Å². The van der Waals surface area contributed by atoms with Gasteiger partial charge < -0.3 is 0 Å². The number of hydrogen-bond donors (Lipinski definition) is 0. The molecule has 2 heterocycles. The highest BCUT2D eigenvalue weighted by molar-refractivity contribution is 6.16. The standard InChI is InChI=1S/C16H10N2/c1-2-6-16-12(4-1)14(10-18-16)11-5-3-7-15-13(11)8-9-17-15/h1-10H. The lowest BCUT2D eigenvalue weighted by molar-refractivity contribution is 1.46. The summed E-state index contributed by atoms with van der Waals surface area (Å²) in [7, 11) is 0. The molecule has 0 saturated heterocycles. The van der Waals surface area contributed by atoms with Gasteiger partial charge >= 0.3 is 0 Å². The molecule has 0 radical (unpaired) electrons. The van der Waals surface area contributed by atoms with Gasteiger partial charge in [0, 0.05) is 28.8 Å². The minimum atomic E-state index is 1.04. The Morgan fingerprint density at radius 1 is 0.778 bits per heavy atom. The Hall–Kier alpha value is -2.48. The number of para-hydroxylation sites is 1. The molecular formula is C16H10N2. The van der Waals surface area contributed by atoms with Crippen molar-refractivity contribution in [2.45, 2.75) is 0 Å². The topological polar surface area (TPSA) is 24.7 Å². The lowest BCUT2D eigenvalue weighted by atomic mass is 10.0. The highest BCUT2D eigenvalue weighted by Crippen LogP contribution is 2.28. The second-order valence-corrected chi connectivity index (χ2v) is 4.37. The molecular weight excluding hydrogens is 220 g/mol. The molecule has 2 heteroatoms. The number of rotatable bonds is 0. The van der Waals surface area contributed by atoms with Crippen molar-refractivity contribution in [1.29, 1.82) is 0 Å². The smallest absolute Gasteiger partial charge is 0.0709 e. The molecule has 2 aliphatic rings. The van der Waals surface area contributed by atoms with E-state index in [1.165, 1.54) is 21.6 Å². The van der Waals surface area contributed by atoms with Gasteiger partial charge in [0.15, 0.2) is 0 Å². The van der Waals surface area contributed by atoms with Gasteiger partial charge in [-0.3, -0.25) is 9.98 Å². The van der Waals surface area contributed by atoms with E-state index in [1.54, 1.807) is 0 Å². The third-order valence-corrected chi connectivity index (χ3v) is 3.36. The van der Waals surface area contributed by atoms with Crippen molar-refractivity contribution >= 4 is 35.5 Å². The summed E-state index contributed by atoms with van der Waals surface area (Å²) in [4.78, 5) is 8.81. The van der Waals surface area contributed by atoms with E-state index in [4.69, 9.17) is 0 Å². The van der Waals surface area contributed by atoms with Gasteiger partial charge in [0.25, 0.3) is 0 Å². The fourth-order valence-corrected chi connectivity index (χ4v) is 2.50. The zero-order chi connectivity index (χ0) is 11.9. The molecule has 0 unspecified atom stereocenters. The number of hydrogen-bond acceptors (Lipinski definition) is 2. The number of fused-ring (bicyclic) bond motifs is 2. The lowest BCUT2D eigenvalue weighted by Crippen LogP contribution is -2.26. The Bertz CT molecular complexity index is 826. The SMILES string of the molecule is C1=Nc2ccccc2C1=c1cccc2c1=CC=N2. The zero-order valence-corrected chi connectivity index (χ0v) is 9.67. The molecule has 0 bridgehead atoms. The molecule has 2 aromatic rings. The van der Waals surface area contributed by atoms with Crippen molar-refractivity contribution in [3.63, 3.8) is 0 Å². The van der Waals surface area contributed by atoms with E-state index in [9.17, 15) is 0 Å². The van der Waals surface area contributed by atoms with Gasteiger partial charge in [0.2, 0.25) is 0 Å². The molecule has 84 valence electrons. The highest BCUT2D eigenvalue weighted by Gasteiger charge is 2.12. The van der Waals surface area contributed by atoms with Crippen LogP contribution in [0.1, 0.15) is 5.56 Å². The monoisotopic (exact) mass is 230 g/mol. The molecule has 0 amide bonds. The molecule has 0 spiro atoms. The molecule has 2 aliphatic heterocycles. The first-order chi connectivity index (χ1) is 8.93. The van der Waals surface area contributed by atoms with Gasteiger partial charge in [-0.15, -0.1) is 0 Å². The van der Waals surface area contributed by atoms with Crippen LogP contribution >= 0.6 is 0 Å². The fourth-order valence-electron chi connectivity index (χ4n) is 2.50. The number of aliphatic imine (C=N–C) groups is 2. The van der Waals surface area contributed by atoms with Crippen molar-refractivity contribution in [3.05, 3.63) is 58.5 Å². The maximum Gasteiger partial charge on any atom is 0.0709 e. The van der Waals surface area contributed by atoms with E-state index in [0.717, 1.165) is 11.4 Å². The summed E-state index contributed by atoms with van der Waals surface area (Å²) in [5.74, 6) is 0. The first-order valence-corrected chi connectivity index (χ1v) is 5.95. The van der Waals surface area contributed by atoms with Crippen LogP contribution in [0.15, 0.2) is 52.4 Å². The van der Waals surface area contributed by atoms with Crippen LogP contribution in [0.5, 0.6) is 0 Å². The van der Waals surface area contributed by atoms with Crippen molar-refractivity contribution in [3.8, 4) is 0 Å². The predicted octanol–water partition coefficient (Wildman–Crippen LogP) is 2.10. The van der Waals surface area contributed by atoms with Gasteiger partial charge in [-0.2, -0.15) is 0 Å². The molecule has 0 aliphatic carbocycles. The van der Waals surface area contributed by atoms with Crippen LogP contribution in [0, 0.1) is 0 Å². The second kappa shape index (κ2) is 3.50. The second-order valence-electron chi connectivity index (χ2n) is 4.37. The van der Waals surface area contributed by atoms with E-state index in [2.05, 4.69) is 34.3 Å². The molecule has 0 aromatic heterocycles. The Morgan fingerprint density at radius 3 is 2.67 bits per heavy atom. The highest BCUT2D eigenvalue weighted by atomic mass is 14.8. The lowest BCUT2D eigenvalue weighted by Gasteiger charge is -2.00. The molecule has 0 saturated carbocycles. The molecule has 4 rings (SSSR count). The zero-order valence-electron chi connectivity index (χ0n) is 9.67. The largest absolute Gasteiger partial charge is 0.256 e. The summed E-state index contributed by atoms with van der Waals surface area (Å²) in [6.07, 6.45) is 5.87. The van der Waals surface area contributed by atoms with Gasteiger partial charge in [0.1, 0.15) is 0 Å². The third-order valence-electron chi connectivity index (χ3n) is 3.36. The first kappa shape index (κ1) is 9.54. The van der Waals surface area contributed by atoms with Gasteiger partial charge in [-0.1, -0.05) is 30.3 Å². The van der Waals surface area contributed by atoms with Crippen molar-refractivity contribution in [1.82, 2.24) is 0 Å². The average Bonchev–Trinajstić information content (AvgIpc) is 3.05. The Balaban J connectivity index is 2.15. The molecule has 0 atom stereocenters. The molecule has 0 N–H and O–H groups in total. The molecule has 2 nitrogen and oxygen atoms in total. The quantitative estimate of drug-likeness (QED) is 0.662. The van der Waals surface area contributed by atoms with Gasteiger partial charge in [0.05, 0.1) is 11.4 Å². The van der Waals surface area contributed by atoms with E-state index in [-0.39, 0.29) is 0 Å². The first-order valence-electron chi connectivity index (χ1n) is 5.95. The van der Waals surface area contributed by atoms with Crippen molar-refractivity contribution in [2.24, 2.45) is 9.98 Å². The summed E-state index contributed by atoms with van der Waals surface area (Å²) >= 11 is 0. The van der Waals surface area contributed by atoms with Crippen LogP contribution in [-0.4, -0.2) is 12.4 Å². The molecule has 18 heavy (non-hydrogen) atoms. The predicted molar refractivity (Wildman–Crippen MR) is 75.4 cm³/mol. The fraction of sp³-hybridized carbons (Fsp3) is 0. The molecule has 0 fully saturated rings. The van der Waals surface area contributed by atoms with E-state index in [0.29, 0.717) is 0 Å². The maximum atomic E-state index is 4.47. The summed E-state index contributed by atoms with van der Waals surface area (Å²) < 4.78 is 0. The average molecular weight is 230 g/mol. The minimum Gasteiger partial charge on any atom is -0.256 e. The summed E-state index contributed by atoms with van der Waals surface area (Å²) in [6.45, 7) is 0. The summed E-state index contributed by atoms with van der Waals surface area (Å²) in [5, 5.41) is 2.40. The normalized spacial score (nSPS) is 17.6. The van der Waals surface area contributed by atoms with Crippen LogP contribution in [0.25, 0.3) is 11.6 Å². The van der Waals surface area contributed by atoms with E-state index >= 15 is 0 Å². The van der Waals surface area contributed by atoms with Crippen LogP contribution in [-0.2, 0) is 0 Å². The number of nitrogens with zero attached hydrogens (tertiary/aromatic N) is 2.